The minimum absolute atomic E-state index is 0.295. The molecule has 0 bridgehead atoms. The number of nitrogens with one attached hydrogen (secondary N) is 1. The van der Waals surface area contributed by atoms with Gasteiger partial charge in [-0.05, 0) is 6.42 Å². The predicted octanol–water partition coefficient (Wildman–Crippen LogP) is 1.79. The number of carbonyl (C=O) groups is 1. The molecule has 1 amide bonds. The van der Waals surface area contributed by atoms with E-state index in [9.17, 15) is 9.28 Å². The average Bonchev–Trinajstić information content (AvgIpc) is 1.98. The van der Waals surface area contributed by atoms with E-state index in [4.69, 9.17) is 0 Å². The highest BCUT2D eigenvalue weighted by molar-refractivity contribution is 5.65. The van der Waals surface area contributed by atoms with Crippen molar-refractivity contribution < 1.29 is 14.0 Å². The maximum atomic E-state index is 11.2. The molecule has 0 aliphatic carbocycles. The molecule has 3 nitrogen and oxygen atoms in total. The van der Waals surface area contributed by atoms with Gasteiger partial charge in [-0.2, -0.15) is 5.54 Å². The van der Waals surface area contributed by atoms with Gasteiger partial charge in [0, 0.05) is 0 Å². The summed E-state index contributed by atoms with van der Waals surface area (Å²) in [7, 11) is 0. The molecule has 0 aromatic rings. The molecule has 0 aromatic heterocycles. The van der Waals surface area contributed by atoms with Crippen LogP contribution in [0.4, 0.5) is 9.28 Å². The van der Waals surface area contributed by atoms with Gasteiger partial charge in [0.05, 0.1) is 6.61 Å². The van der Waals surface area contributed by atoms with Gasteiger partial charge >= 0.3 is 6.09 Å². The third kappa shape index (κ3) is 5.34. The Hall–Kier alpha value is -0.800. The van der Waals surface area contributed by atoms with E-state index in [1.807, 2.05) is 6.92 Å². The Labute approximate surface area is 59.5 Å². The Morgan fingerprint density at radius 3 is 2.80 bits per heavy atom. The van der Waals surface area contributed by atoms with Crippen molar-refractivity contribution in [3.8, 4) is 0 Å². The number of hydrogen-bond donors (Lipinski definition) is 1. The van der Waals surface area contributed by atoms with Gasteiger partial charge in [-0.1, -0.05) is 24.2 Å². The van der Waals surface area contributed by atoms with Crippen molar-refractivity contribution >= 4 is 6.09 Å². The second kappa shape index (κ2) is 6.32. The lowest BCUT2D eigenvalue weighted by molar-refractivity contribution is 0.122. The Kier molecular flexibility index (Phi) is 5.82. The van der Waals surface area contributed by atoms with Crippen molar-refractivity contribution in [2.75, 3.05) is 6.61 Å². The molecule has 4 heteroatoms. The minimum atomic E-state index is -1.00. The summed E-state index contributed by atoms with van der Waals surface area (Å²) in [5.74, 6) is 0. The number of halogens is 1. The van der Waals surface area contributed by atoms with Crippen LogP contribution >= 0.6 is 0 Å². The number of rotatable bonds is 4. The molecule has 1 N–H and O–H groups in total. The molecule has 0 aliphatic heterocycles. The van der Waals surface area contributed by atoms with Crippen LogP contribution in [0, 0.1) is 0 Å². The van der Waals surface area contributed by atoms with E-state index in [1.165, 1.54) is 0 Å². The first-order chi connectivity index (χ1) is 4.81. The molecule has 0 saturated heterocycles. The molecule has 0 atom stereocenters. The van der Waals surface area contributed by atoms with Crippen LogP contribution < -0.4 is 5.54 Å². The second-order valence-electron chi connectivity index (χ2n) is 1.94. The fourth-order valence-electron chi connectivity index (χ4n) is 0.544. The van der Waals surface area contributed by atoms with Crippen LogP contribution in [-0.4, -0.2) is 12.7 Å². The van der Waals surface area contributed by atoms with E-state index in [0.717, 1.165) is 24.8 Å². The van der Waals surface area contributed by atoms with Crippen molar-refractivity contribution in [2.24, 2.45) is 0 Å². The lowest BCUT2D eigenvalue weighted by atomic mass is 10.3. The lowest BCUT2D eigenvalue weighted by Gasteiger charge is -1.99. The molecule has 0 heterocycles. The smallest absolute Gasteiger partial charge is 0.435 e. The van der Waals surface area contributed by atoms with Gasteiger partial charge < -0.3 is 4.74 Å². The van der Waals surface area contributed by atoms with Gasteiger partial charge in [0.25, 0.3) is 0 Å². The topological polar surface area (TPSA) is 38.3 Å². The molecule has 60 valence electrons. The molecule has 0 aliphatic rings. The summed E-state index contributed by atoms with van der Waals surface area (Å²) in [6, 6.07) is 0. The summed E-state index contributed by atoms with van der Waals surface area (Å²) in [4.78, 5) is 10.1. The SMILES string of the molecule is CCCCCOC(=O)NF. The van der Waals surface area contributed by atoms with Crippen LogP contribution in [0.5, 0.6) is 0 Å². The number of unbranched alkanes of at least 4 members (excludes halogenated alkanes) is 2. The van der Waals surface area contributed by atoms with Gasteiger partial charge in [-0.25, -0.2) is 4.79 Å². The largest absolute Gasteiger partial charge is 0.448 e. The van der Waals surface area contributed by atoms with Crippen molar-refractivity contribution in [3.63, 3.8) is 0 Å². The Balaban J connectivity index is 2.96. The third-order valence-corrected chi connectivity index (χ3v) is 1.06. The van der Waals surface area contributed by atoms with E-state index in [2.05, 4.69) is 4.74 Å². The maximum Gasteiger partial charge on any atom is 0.435 e. The summed E-state index contributed by atoms with van der Waals surface area (Å²) >= 11 is 0. The molecule has 0 aromatic carbocycles. The third-order valence-electron chi connectivity index (χ3n) is 1.06. The van der Waals surface area contributed by atoms with Crippen molar-refractivity contribution in [3.05, 3.63) is 0 Å². The van der Waals surface area contributed by atoms with E-state index in [0.29, 0.717) is 6.61 Å². The second-order valence-corrected chi connectivity index (χ2v) is 1.94. The van der Waals surface area contributed by atoms with Crippen LogP contribution in [0.25, 0.3) is 0 Å². The summed E-state index contributed by atoms with van der Waals surface area (Å²) in [6.45, 7) is 2.33. The molecule has 0 rings (SSSR count). The highest BCUT2D eigenvalue weighted by Gasteiger charge is 1.97. The Morgan fingerprint density at radius 2 is 2.30 bits per heavy atom. The molecule has 0 unspecified atom stereocenters. The molecule has 0 fully saturated rings. The first kappa shape index (κ1) is 9.20. The predicted molar refractivity (Wildman–Crippen MR) is 35.1 cm³/mol. The fourth-order valence-corrected chi connectivity index (χ4v) is 0.544. The van der Waals surface area contributed by atoms with Crippen LogP contribution in [0.1, 0.15) is 26.2 Å². The molecular weight excluding hydrogens is 137 g/mol. The Bertz CT molecular complexity index is 97.7. The van der Waals surface area contributed by atoms with Crippen molar-refractivity contribution in [1.29, 1.82) is 0 Å². The van der Waals surface area contributed by atoms with Crippen LogP contribution in [0.15, 0.2) is 0 Å². The minimum Gasteiger partial charge on any atom is -0.448 e. The highest BCUT2D eigenvalue weighted by atomic mass is 19.2. The Morgan fingerprint density at radius 1 is 1.60 bits per heavy atom. The van der Waals surface area contributed by atoms with E-state index in [1.54, 1.807) is 0 Å². The van der Waals surface area contributed by atoms with Gasteiger partial charge in [-0.15, -0.1) is 0 Å². The zero-order valence-electron chi connectivity index (χ0n) is 6.02. The summed E-state index contributed by atoms with van der Waals surface area (Å²) < 4.78 is 15.5. The highest BCUT2D eigenvalue weighted by Crippen LogP contribution is 1.93. The van der Waals surface area contributed by atoms with Gasteiger partial charge in [0.1, 0.15) is 0 Å². The first-order valence-electron chi connectivity index (χ1n) is 3.34. The molecule has 0 saturated carbocycles. The standard InChI is InChI=1S/C6H12FNO2/c1-2-3-4-5-10-6(9)8-7/h2-5H2,1H3,(H,8,9). The normalized spacial score (nSPS) is 9.00. The van der Waals surface area contributed by atoms with Crippen LogP contribution in [0.2, 0.25) is 0 Å². The van der Waals surface area contributed by atoms with E-state index < -0.39 is 6.09 Å². The first-order valence-corrected chi connectivity index (χ1v) is 3.34. The number of amides is 1. The number of carbonyl (C=O) groups excluding carboxylic acids is 1. The quantitative estimate of drug-likeness (QED) is 0.488. The van der Waals surface area contributed by atoms with E-state index in [-0.39, 0.29) is 0 Å². The number of ether oxygens (including phenoxy) is 1. The zero-order chi connectivity index (χ0) is 7.82. The van der Waals surface area contributed by atoms with Gasteiger partial charge in [-0.3, -0.25) is 0 Å². The van der Waals surface area contributed by atoms with Crippen LogP contribution in [0.3, 0.4) is 0 Å². The van der Waals surface area contributed by atoms with Crippen molar-refractivity contribution in [2.45, 2.75) is 26.2 Å². The van der Waals surface area contributed by atoms with Crippen molar-refractivity contribution in [1.82, 2.24) is 5.54 Å². The fraction of sp³-hybridized carbons (Fsp3) is 0.833. The lowest BCUT2D eigenvalue weighted by Crippen LogP contribution is -2.15. The molecule has 0 radical (unpaired) electrons. The van der Waals surface area contributed by atoms with Gasteiger partial charge in [0.2, 0.25) is 0 Å². The molecule has 10 heavy (non-hydrogen) atoms. The summed E-state index contributed by atoms with van der Waals surface area (Å²) in [5.41, 5.74) is 0.881. The molecular formula is C6H12FNO2. The monoisotopic (exact) mass is 149 g/mol. The maximum absolute atomic E-state index is 11.2. The zero-order valence-corrected chi connectivity index (χ0v) is 6.02. The van der Waals surface area contributed by atoms with Crippen LogP contribution in [-0.2, 0) is 4.74 Å². The average molecular weight is 149 g/mol. The number of hydrogen-bond acceptors (Lipinski definition) is 2. The van der Waals surface area contributed by atoms with E-state index >= 15 is 0 Å². The molecule has 0 spiro atoms. The summed E-state index contributed by atoms with van der Waals surface area (Å²) in [6.07, 6.45) is 1.85. The van der Waals surface area contributed by atoms with Gasteiger partial charge in [0.15, 0.2) is 0 Å². The summed E-state index contributed by atoms with van der Waals surface area (Å²) in [5, 5.41) is 0.